The summed E-state index contributed by atoms with van der Waals surface area (Å²) in [6.45, 7) is 10.9. The van der Waals surface area contributed by atoms with Crippen LogP contribution in [0.4, 0.5) is 0 Å². The number of hydrogen-bond donors (Lipinski definition) is 1. The molecular weight excluding hydrogens is 235 g/mol. The van der Waals surface area contributed by atoms with E-state index in [9.17, 15) is 0 Å². The van der Waals surface area contributed by atoms with Crippen LogP contribution in [0.1, 0.15) is 27.7 Å². The second kappa shape index (κ2) is 4.90. The van der Waals surface area contributed by atoms with Crippen LogP contribution in [-0.4, -0.2) is 28.7 Å². The van der Waals surface area contributed by atoms with Crippen molar-refractivity contribution in [2.75, 3.05) is 13.1 Å². The van der Waals surface area contributed by atoms with Crippen LogP contribution in [0.3, 0.4) is 0 Å². The summed E-state index contributed by atoms with van der Waals surface area (Å²) in [5.74, 6) is 0. The molecule has 13 heavy (non-hydrogen) atoms. The van der Waals surface area contributed by atoms with Crippen molar-refractivity contribution in [1.82, 2.24) is 10.2 Å². The zero-order valence-corrected chi connectivity index (χ0v) is 10.4. The first-order valence-corrected chi connectivity index (χ1v) is 4.93. The Kier molecular flexibility index (Phi) is 5.13. The average Bonchev–Trinajstić information content (AvgIpc) is 2.29. The average molecular weight is 254 g/mol. The standard InChI is InChI=1S/C9H18N2.ClH.Cu/c1-5-11-7-10-6-8(11)9(2,3)4;;/h8,10H,5-6H2,1-4H3;1H;. The molecule has 0 aliphatic carbocycles. The quantitative estimate of drug-likeness (QED) is 0.711. The number of hydrogen-bond acceptors (Lipinski definition) is 2. The van der Waals surface area contributed by atoms with Crippen molar-refractivity contribution in [2.45, 2.75) is 33.7 Å². The maximum atomic E-state index is 5.35. The summed E-state index contributed by atoms with van der Waals surface area (Å²) in [6.07, 6.45) is 0. The van der Waals surface area contributed by atoms with Gasteiger partial charge in [0.05, 0.1) is 0 Å². The molecule has 1 fully saturated rings. The fourth-order valence-electron chi connectivity index (χ4n) is 1.63. The molecule has 0 aromatic heterocycles. The van der Waals surface area contributed by atoms with Crippen molar-refractivity contribution in [2.24, 2.45) is 5.41 Å². The molecule has 1 unspecified atom stereocenters. The molecule has 1 rings (SSSR count). The van der Waals surface area contributed by atoms with E-state index in [2.05, 4.69) is 37.9 Å². The van der Waals surface area contributed by atoms with Crippen molar-refractivity contribution < 1.29 is 15.6 Å². The number of nitrogens with zero attached hydrogens (tertiary/aromatic N) is 1. The SMILES string of the molecule is CCN1[C](=[Cu])NCC1C(C)(C)C.Cl. The van der Waals surface area contributed by atoms with Crippen molar-refractivity contribution >= 4 is 17.1 Å². The van der Waals surface area contributed by atoms with Gasteiger partial charge in [-0.15, -0.1) is 12.4 Å². The van der Waals surface area contributed by atoms with E-state index in [1.807, 2.05) is 0 Å². The Morgan fingerprint density at radius 3 is 2.38 bits per heavy atom. The second-order valence-electron chi connectivity index (χ2n) is 4.30. The van der Waals surface area contributed by atoms with Gasteiger partial charge < -0.3 is 0 Å². The van der Waals surface area contributed by atoms with Crippen LogP contribution < -0.4 is 5.32 Å². The van der Waals surface area contributed by atoms with Crippen molar-refractivity contribution in [1.29, 1.82) is 0 Å². The van der Waals surface area contributed by atoms with Gasteiger partial charge in [-0.2, -0.15) is 0 Å². The summed E-state index contributed by atoms with van der Waals surface area (Å²) >= 11 is 5.35. The number of nitrogens with one attached hydrogen (secondary N) is 1. The van der Waals surface area contributed by atoms with Crippen LogP contribution >= 0.6 is 12.4 Å². The molecule has 1 N–H and O–H groups in total. The van der Waals surface area contributed by atoms with Crippen LogP contribution in [0.2, 0.25) is 0 Å². The summed E-state index contributed by atoms with van der Waals surface area (Å²) < 4.78 is 0.893. The van der Waals surface area contributed by atoms with Crippen LogP contribution in [0.5, 0.6) is 0 Å². The van der Waals surface area contributed by atoms with Gasteiger partial charge in [0.15, 0.2) is 0 Å². The molecule has 0 spiro atoms. The minimum Gasteiger partial charge on any atom is -0.147 e. The van der Waals surface area contributed by atoms with Gasteiger partial charge in [-0.1, -0.05) is 0 Å². The van der Waals surface area contributed by atoms with Gasteiger partial charge in [0, 0.05) is 0 Å². The van der Waals surface area contributed by atoms with Crippen molar-refractivity contribution in [3.8, 4) is 0 Å². The van der Waals surface area contributed by atoms with Crippen LogP contribution in [0.25, 0.3) is 0 Å². The van der Waals surface area contributed by atoms with Gasteiger partial charge in [-0.25, -0.2) is 0 Å². The van der Waals surface area contributed by atoms with E-state index in [1.54, 1.807) is 0 Å². The van der Waals surface area contributed by atoms with Crippen molar-refractivity contribution in [3.63, 3.8) is 0 Å². The van der Waals surface area contributed by atoms with Gasteiger partial charge in [-0.3, -0.25) is 0 Å². The largest absolute Gasteiger partial charge is 0.147 e. The summed E-state index contributed by atoms with van der Waals surface area (Å²) in [6, 6.07) is 0.546. The zero-order valence-electron chi connectivity index (χ0n) is 8.65. The first-order valence-electron chi connectivity index (χ1n) is 4.46. The fraction of sp³-hybridized carbons (Fsp3) is 0.889. The molecule has 1 aliphatic heterocycles. The Balaban J connectivity index is 0.00000144. The Bertz CT molecular complexity index is 189. The van der Waals surface area contributed by atoms with Crippen LogP contribution in [0.15, 0.2) is 0 Å². The van der Waals surface area contributed by atoms with E-state index in [-0.39, 0.29) is 12.4 Å². The number of rotatable bonds is 1. The Hall–Kier alpha value is 0.599. The second-order valence-corrected chi connectivity index (χ2v) is 4.75. The smallest absolute Gasteiger partial charge is 0.147 e. The van der Waals surface area contributed by atoms with E-state index >= 15 is 0 Å². The first kappa shape index (κ1) is 13.6. The van der Waals surface area contributed by atoms with E-state index in [0.717, 1.165) is 17.8 Å². The molecule has 0 saturated carbocycles. The molecule has 1 aliphatic rings. The third kappa shape index (κ3) is 3.03. The minimum absolute atomic E-state index is 0. The number of likely N-dealkylation sites (N-methyl/N-ethyl adjacent to an activating group) is 1. The molecule has 83 valence electrons. The Morgan fingerprint density at radius 1 is 1.54 bits per heavy atom. The van der Waals surface area contributed by atoms with E-state index in [4.69, 9.17) is 15.6 Å². The maximum absolute atomic E-state index is 5.35. The molecule has 0 radical (unpaired) electrons. The predicted molar refractivity (Wildman–Crippen MR) is 55.9 cm³/mol. The van der Waals surface area contributed by atoms with Gasteiger partial charge in [0.25, 0.3) is 0 Å². The predicted octanol–water partition coefficient (Wildman–Crippen LogP) is 1.38. The molecule has 0 aromatic carbocycles. The summed E-state index contributed by atoms with van der Waals surface area (Å²) in [4.78, 5) is 2.26. The van der Waals surface area contributed by atoms with Gasteiger partial charge in [0.1, 0.15) is 0 Å². The Morgan fingerprint density at radius 2 is 2.08 bits per heavy atom. The molecule has 0 bridgehead atoms. The third-order valence-electron chi connectivity index (χ3n) is 2.37. The molecule has 2 nitrogen and oxygen atoms in total. The minimum atomic E-state index is 0. The molecule has 4 heteroatoms. The first-order chi connectivity index (χ1) is 5.46. The number of halogens is 1. The fourth-order valence-corrected chi connectivity index (χ4v) is 2.02. The van der Waals surface area contributed by atoms with Crippen molar-refractivity contribution in [3.05, 3.63) is 0 Å². The monoisotopic (exact) mass is 253 g/mol. The van der Waals surface area contributed by atoms with Crippen LogP contribution in [0, 0.1) is 5.41 Å². The molecule has 0 aromatic rings. The van der Waals surface area contributed by atoms with Gasteiger partial charge in [0.2, 0.25) is 0 Å². The maximum Gasteiger partial charge on any atom is -0.147 e. The molecular formula is C9H19ClCuN2. The summed E-state index contributed by atoms with van der Waals surface area (Å²) in [5.41, 5.74) is 0.306. The topological polar surface area (TPSA) is 15.3 Å². The van der Waals surface area contributed by atoms with Crippen LogP contribution in [-0.2, 0) is 15.6 Å². The molecule has 1 saturated heterocycles. The van der Waals surface area contributed by atoms with E-state index < -0.39 is 0 Å². The molecule has 0 amide bonds. The van der Waals surface area contributed by atoms with E-state index in [1.165, 1.54) is 0 Å². The summed E-state index contributed by atoms with van der Waals surface area (Å²) in [5, 5.41) is 3.23. The molecule has 1 atom stereocenters. The third-order valence-corrected chi connectivity index (χ3v) is 2.81. The summed E-state index contributed by atoms with van der Waals surface area (Å²) in [7, 11) is 0. The normalized spacial score (nSPS) is 24.8. The van der Waals surface area contributed by atoms with E-state index in [0.29, 0.717) is 11.5 Å². The van der Waals surface area contributed by atoms with Gasteiger partial charge >= 0.3 is 82.7 Å². The van der Waals surface area contributed by atoms with Gasteiger partial charge in [-0.05, 0) is 0 Å². The zero-order chi connectivity index (χ0) is 9.35. The molecule has 1 heterocycles. The Labute approximate surface area is 95.2 Å².